The van der Waals surface area contributed by atoms with Gasteiger partial charge in [-0.3, -0.25) is 4.79 Å². The Morgan fingerprint density at radius 3 is 2.71 bits per heavy atom. The van der Waals surface area contributed by atoms with Crippen LogP contribution in [0.1, 0.15) is 20.8 Å². The zero-order chi connectivity index (χ0) is 16.2. The number of hydrogen-bond acceptors (Lipinski definition) is 4. The number of rotatable bonds is 4. The van der Waals surface area contributed by atoms with Crippen molar-refractivity contribution in [1.29, 1.82) is 0 Å². The van der Waals surface area contributed by atoms with Gasteiger partial charge in [0, 0.05) is 32.7 Å². The summed E-state index contributed by atoms with van der Waals surface area (Å²) in [5, 5.41) is 8.00. The van der Waals surface area contributed by atoms with Gasteiger partial charge in [-0.15, -0.1) is 23.7 Å². The zero-order valence-electron chi connectivity index (χ0n) is 13.5. The molecular formula is C17H21ClFN3OS. The average molecular weight is 370 g/mol. The maximum atomic E-state index is 14.3. The van der Waals surface area contributed by atoms with Crippen LogP contribution >= 0.6 is 23.7 Å². The largest absolute Gasteiger partial charge is 0.367 e. The Morgan fingerprint density at radius 2 is 2.08 bits per heavy atom. The van der Waals surface area contributed by atoms with E-state index in [0.717, 1.165) is 37.3 Å². The third-order valence-corrected chi connectivity index (χ3v) is 5.01. The van der Waals surface area contributed by atoms with Crippen molar-refractivity contribution in [3.05, 3.63) is 51.5 Å². The normalized spacial score (nSPS) is 14.2. The highest BCUT2D eigenvalue weighted by molar-refractivity contribution is 7.12. The first-order chi connectivity index (χ1) is 11.1. The fourth-order valence-electron chi connectivity index (χ4n) is 2.69. The van der Waals surface area contributed by atoms with Crippen molar-refractivity contribution in [2.75, 3.05) is 31.1 Å². The van der Waals surface area contributed by atoms with Crippen molar-refractivity contribution >= 4 is 35.3 Å². The molecule has 1 aromatic heterocycles. The van der Waals surface area contributed by atoms with Crippen LogP contribution in [-0.4, -0.2) is 32.1 Å². The lowest BCUT2D eigenvalue weighted by molar-refractivity contribution is 0.0954. The topological polar surface area (TPSA) is 44.4 Å². The molecule has 0 radical (unpaired) electrons. The van der Waals surface area contributed by atoms with Gasteiger partial charge in [0.1, 0.15) is 5.82 Å². The predicted octanol–water partition coefficient (Wildman–Crippen LogP) is 2.96. The molecule has 2 heterocycles. The fraction of sp³-hybridized carbons (Fsp3) is 0.353. The highest BCUT2D eigenvalue weighted by Gasteiger charge is 2.15. The van der Waals surface area contributed by atoms with E-state index in [1.807, 2.05) is 29.3 Å². The van der Waals surface area contributed by atoms with Crippen LogP contribution in [0.5, 0.6) is 0 Å². The van der Waals surface area contributed by atoms with Crippen LogP contribution < -0.4 is 15.5 Å². The molecule has 24 heavy (non-hydrogen) atoms. The van der Waals surface area contributed by atoms with E-state index in [9.17, 15) is 9.18 Å². The summed E-state index contributed by atoms with van der Waals surface area (Å²) in [5.74, 6) is -0.338. The van der Waals surface area contributed by atoms with Crippen LogP contribution in [0.4, 0.5) is 10.1 Å². The first-order valence-electron chi connectivity index (χ1n) is 7.71. The highest BCUT2D eigenvalue weighted by atomic mass is 35.5. The maximum Gasteiger partial charge on any atom is 0.261 e. The molecule has 0 saturated carbocycles. The molecule has 1 saturated heterocycles. The lowest BCUT2D eigenvalue weighted by Crippen LogP contribution is -2.43. The van der Waals surface area contributed by atoms with Gasteiger partial charge in [-0.05, 0) is 41.6 Å². The smallest absolute Gasteiger partial charge is 0.261 e. The van der Waals surface area contributed by atoms with Crippen molar-refractivity contribution in [2.24, 2.45) is 0 Å². The van der Waals surface area contributed by atoms with Gasteiger partial charge in [0.25, 0.3) is 5.91 Å². The molecular weight excluding hydrogens is 349 g/mol. The minimum absolute atomic E-state index is 0. The Bertz CT molecular complexity index is 701. The van der Waals surface area contributed by atoms with Gasteiger partial charge in [-0.1, -0.05) is 6.07 Å². The average Bonchev–Trinajstić information content (AvgIpc) is 3.00. The van der Waals surface area contributed by atoms with E-state index in [-0.39, 0.29) is 24.1 Å². The van der Waals surface area contributed by atoms with E-state index >= 15 is 0 Å². The summed E-state index contributed by atoms with van der Waals surface area (Å²) in [6.45, 7) is 5.60. The Labute approximate surface area is 151 Å². The summed E-state index contributed by atoms with van der Waals surface area (Å²) in [6, 6.07) is 7.11. The van der Waals surface area contributed by atoms with Crippen molar-refractivity contribution in [3.63, 3.8) is 0 Å². The van der Waals surface area contributed by atoms with Crippen molar-refractivity contribution < 1.29 is 9.18 Å². The van der Waals surface area contributed by atoms with E-state index in [4.69, 9.17) is 0 Å². The number of nitrogens with zero attached hydrogens (tertiary/aromatic N) is 1. The SMILES string of the molecule is Cc1ccsc1C(=O)NCc1ccc(N2CCNCC2)c(F)c1.Cl. The van der Waals surface area contributed by atoms with Gasteiger partial charge < -0.3 is 15.5 Å². The van der Waals surface area contributed by atoms with Gasteiger partial charge in [-0.25, -0.2) is 4.39 Å². The van der Waals surface area contributed by atoms with E-state index in [2.05, 4.69) is 10.6 Å². The Morgan fingerprint density at radius 1 is 1.33 bits per heavy atom. The van der Waals surface area contributed by atoms with Crippen molar-refractivity contribution in [2.45, 2.75) is 13.5 Å². The lowest BCUT2D eigenvalue weighted by atomic mass is 10.1. The van der Waals surface area contributed by atoms with Crippen LogP contribution in [0, 0.1) is 12.7 Å². The number of thiophene rings is 1. The molecule has 1 fully saturated rings. The Balaban J connectivity index is 0.00000208. The number of aryl methyl sites for hydroxylation is 1. The number of hydrogen-bond donors (Lipinski definition) is 2. The number of carbonyl (C=O) groups is 1. The Hall–Kier alpha value is -1.63. The fourth-order valence-corrected chi connectivity index (χ4v) is 3.53. The van der Waals surface area contributed by atoms with E-state index in [0.29, 0.717) is 17.1 Å². The second-order valence-electron chi connectivity index (χ2n) is 5.64. The summed E-state index contributed by atoms with van der Waals surface area (Å²) < 4.78 is 14.3. The van der Waals surface area contributed by atoms with Crippen LogP contribution in [-0.2, 0) is 6.54 Å². The summed E-state index contributed by atoms with van der Waals surface area (Å²) >= 11 is 1.42. The summed E-state index contributed by atoms with van der Waals surface area (Å²) in [7, 11) is 0. The van der Waals surface area contributed by atoms with Crippen LogP contribution in [0.25, 0.3) is 0 Å². The van der Waals surface area contributed by atoms with Crippen molar-refractivity contribution in [3.8, 4) is 0 Å². The molecule has 0 aliphatic carbocycles. The van der Waals surface area contributed by atoms with E-state index in [1.165, 1.54) is 17.4 Å². The molecule has 1 amide bonds. The number of halogens is 2. The molecule has 130 valence electrons. The Kier molecular flexibility index (Phi) is 6.60. The minimum atomic E-state index is -0.231. The predicted molar refractivity (Wildman–Crippen MR) is 99.0 cm³/mol. The van der Waals surface area contributed by atoms with Gasteiger partial charge in [0.15, 0.2) is 0 Å². The molecule has 0 bridgehead atoms. The first kappa shape index (κ1) is 18.7. The number of nitrogens with one attached hydrogen (secondary N) is 2. The van der Waals surface area contributed by atoms with Crippen molar-refractivity contribution in [1.82, 2.24) is 10.6 Å². The molecule has 1 aliphatic rings. The number of piperazine rings is 1. The molecule has 0 spiro atoms. The minimum Gasteiger partial charge on any atom is -0.367 e. The summed E-state index contributed by atoms with van der Waals surface area (Å²) in [6.07, 6.45) is 0. The first-order valence-corrected chi connectivity index (χ1v) is 8.59. The molecule has 0 unspecified atom stereocenters. The highest BCUT2D eigenvalue weighted by Crippen LogP contribution is 2.21. The molecule has 1 aromatic carbocycles. The number of benzene rings is 1. The van der Waals surface area contributed by atoms with E-state index in [1.54, 1.807) is 6.07 Å². The molecule has 2 aromatic rings. The molecule has 7 heteroatoms. The second-order valence-corrected chi connectivity index (χ2v) is 6.55. The third-order valence-electron chi connectivity index (χ3n) is 3.99. The summed E-state index contributed by atoms with van der Waals surface area (Å²) in [5.41, 5.74) is 2.37. The van der Waals surface area contributed by atoms with Gasteiger partial charge in [0.2, 0.25) is 0 Å². The number of carbonyl (C=O) groups excluding carboxylic acids is 1. The maximum absolute atomic E-state index is 14.3. The monoisotopic (exact) mass is 369 g/mol. The molecule has 4 nitrogen and oxygen atoms in total. The zero-order valence-corrected chi connectivity index (χ0v) is 15.1. The number of anilines is 1. The van der Waals surface area contributed by atoms with Gasteiger partial charge in [0.05, 0.1) is 10.6 Å². The van der Waals surface area contributed by atoms with Crippen LogP contribution in [0.3, 0.4) is 0 Å². The van der Waals surface area contributed by atoms with E-state index < -0.39 is 0 Å². The van der Waals surface area contributed by atoms with Crippen LogP contribution in [0.2, 0.25) is 0 Å². The number of amides is 1. The lowest BCUT2D eigenvalue weighted by Gasteiger charge is -2.29. The molecule has 0 atom stereocenters. The molecule has 1 aliphatic heterocycles. The quantitative estimate of drug-likeness (QED) is 0.870. The molecule has 2 N–H and O–H groups in total. The van der Waals surface area contributed by atoms with Gasteiger partial charge >= 0.3 is 0 Å². The third kappa shape index (κ3) is 4.26. The summed E-state index contributed by atoms with van der Waals surface area (Å²) in [4.78, 5) is 14.8. The second kappa shape index (κ2) is 8.46. The molecule has 3 rings (SSSR count). The van der Waals surface area contributed by atoms with Crippen LogP contribution in [0.15, 0.2) is 29.6 Å². The standard InChI is InChI=1S/C17H20FN3OS.ClH/c1-12-4-9-23-16(12)17(22)20-11-13-2-3-15(14(18)10-13)21-7-5-19-6-8-21;/h2-4,9-10,19H,5-8,11H2,1H3,(H,20,22);1H. The van der Waals surface area contributed by atoms with Gasteiger partial charge in [-0.2, -0.15) is 0 Å².